The van der Waals surface area contributed by atoms with Gasteiger partial charge >= 0.3 is 0 Å². The summed E-state index contributed by atoms with van der Waals surface area (Å²) in [5.41, 5.74) is -0.121. The second kappa shape index (κ2) is 3.54. The number of aliphatic hydroxyl groups excluding tert-OH is 1. The van der Waals surface area contributed by atoms with E-state index in [2.05, 4.69) is 6.92 Å². The van der Waals surface area contributed by atoms with Crippen LogP contribution in [0.1, 0.15) is 39.0 Å². The summed E-state index contributed by atoms with van der Waals surface area (Å²) >= 11 is 0. The van der Waals surface area contributed by atoms with Gasteiger partial charge in [-0.05, 0) is 19.3 Å². The maximum atomic E-state index is 12.1. The molecule has 1 amide bonds. The van der Waals surface area contributed by atoms with E-state index >= 15 is 0 Å². The molecule has 1 unspecified atom stereocenters. The fraction of sp³-hybridized carbons (Fsp3) is 0.909. The zero-order valence-electron chi connectivity index (χ0n) is 8.83. The minimum atomic E-state index is -0.288. The molecule has 1 aliphatic carbocycles. The average Bonchev–Trinajstić information content (AvgIpc) is 2.74. The number of amides is 1. The summed E-state index contributed by atoms with van der Waals surface area (Å²) in [5.74, 6) is 0.270. The molecule has 1 saturated heterocycles. The summed E-state index contributed by atoms with van der Waals surface area (Å²) in [5, 5.41) is 9.38. The van der Waals surface area contributed by atoms with E-state index in [1.54, 1.807) is 0 Å². The van der Waals surface area contributed by atoms with Crippen molar-refractivity contribution in [1.82, 2.24) is 4.90 Å². The van der Waals surface area contributed by atoms with Crippen LogP contribution in [0.25, 0.3) is 0 Å². The van der Waals surface area contributed by atoms with Crippen LogP contribution in [0.4, 0.5) is 0 Å². The molecule has 0 aromatic carbocycles. The number of hydrogen-bond donors (Lipinski definition) is 1. The summed E-state index contributed by atoms with van der Waals surface area (Å²) in [6.07, 6.45) is 4.87. The molecule has 1 N–H and O–H groups in total. The molecular weight excluding hydrogens is 178 g/mol. The lowest BCUT2D eigenvalue weighted by atomic mass is 9.87. The first-order valence-electron chi connectivity index (χ1n) is 5.59. The maximum absolute atomic E-state index is 12.1. The Morgan fingerprint density at radius 1 is 1.43 bits per heavy atom. The van der Waals surface area contributed by atoms with Gasteiger partial charge in [-0.25, -0.2) is 0 Å². The molecule has 0 aromatic heterocycles. The third kappa shape index (κ3) is 1.65. The highest BCUT2D eigenvalue weighted by Gasteiger charge is 2.40. The monoisotopic (exact) mass is 197 g/mol. The van der Waals surface area contributed by atoms with Crippen LogP contribution in [0.3, 0.4) is 0 Å². The number of carbonyl (C=O) groups is 1. The Morgan fingerprint density at radius 2 is 2.07 bits per heavy atom. The van der Waals surface area contributed by atoms with Gasteiger partial charge in [-0.3, -0.25) is 4.79 Å². The van der Waals surface area contributed by atoms with Crippen LogP contribution in [0, 0.1) is 5.41 Å². The highest BCUT2D eigenvalue weighted by Crippen LogP contribution is 2.39. The van der Waals surface area contributed by atoms with Crippen molar-refractivity contribution in [3.8, 4) is 0 Å². The molecule has 2 fully saturated rings. The van der Waals surface area contributed by atoms with Crippen LogP contribution < -0.4 is 0 Å². The molecule has 14 heavy (non-hydrogen) atoms. The Labute approximate surface area is 85.1 Å². The normalized spacial score (nSPS) is 31.0. The molecule has 2 aliphatic rings. The highest BCUT2D eigenvalue weighted by molar-refractivity contribution is 5.82. The largest absolute Gasteiger partial charge is 0.391 e. The lowest BCUT2D eigenvalue weighted by Gasteiger charge is -2.28. The van der Waals surface area contributed by atoms with Crippen LogP contribution in [0.15, 0.2) is 0 Å². The second-order valence-electron chi connectivity index (χ2n) is 4.96. The first-order valence-corrected chi connectivity index (χ1v) is 5.59. The molecule has 0 radical (unpaired) electrons. The molecular formula is C11H19NO2. The summed E-state index contributed by atoms with van der Waals surface area (Å²) in [4.78, 5) is 14.0. The Kier molecular flexibility index (Phi) is 2.52. The summed E-state index contributed by atoms with van der Waals surface area (Å²) < 4.78 is 0. The number of β-amino-alcohol motifs (C(OH)–C–C–N with tert-alkyl or cyclic N) is 1. The Morgan fingerprint density at radius 3 is 2.57 bits per heavy atom. The van der Waals surface area contributed by atoms with Gasteiger partial charge in [0.15, 0.2) is 0 Å². The van der Waals surface area contributed by atoms with Gasteiger partial charge < -0.3 is 10.0 Å². The van der Waals surface area contributed by atoms with Crippen molar-refractivity contribution in [2.75, 3.05) is 13.1 Å². The van der Waals surface area contributed by atoms with Crippen molar-refractivity contribution >= 4 is 5.91 Å². The molecule has 1 heterocycles. The van der Waals surface area contributed by atoms with Crippen LogP contribution in [-0.2, 0) is 4.79 Å². The maximum Gasteiger partial charge on any atom is 0.228 e. The van der Waals surface area contributed by atoms with Gasteiger partial charge in [0, 0.05) is 18.5 Å². The zero-order chi connectivity index (χ0) is 10.2. The Balaban J connectivity index is 2.00. The average molecular weight is 197 g/mol. The van der Waals surface area contributed by atoms with E-state index < -0.39 is 0 Å². The molecule has 3 heteroatoms. The first kappa shape index (κ1) is 9.97. The molecule has 3 nitrogen and oxygen atoms in total. The zero-order valence-corrected chi connectivity index (χ0v) is 8.83. The van der Waals surface area contributed by atoms with Crippen molar-refractivity contribution in [1.29, 1.82) is 0 Å². The van der Waals surface area contributed by atoms with Gasteiger partial charge in [0.2, 0.25) is 5.91 Å². The number of aliphatic hydroxyl groups is 1. The van der Waals surface area contributed by atoms with Gasteiger partial charge in [-0.1, -0.05) is 19.8 Å². The number of carbonyl (C=O) groups excluding carboxylic acids is 1. The van der Waals surface area contributed by atoms with Crippen LogP contribution >= 0.6 is 0 Å². The van der Waals surface area contributed by atoms with Crippen LogP contribution in [0.5, 0.6) is 0 Å². The van der Waals surface area contributed by atoms with E-state index in [0.29, 0.717) is 6.54 Å². The lowest BCUT2D eigenvalue weighted by Crippen LogP contribution is -2.40. The van der Waals surface area contributed by atoms with Gasteiger partial charge in [0.1, 0.15) is 0 Å². The minimum absolute atomic E-state index is 0.121. The molecule has 1 atom stereocenters. The smallest absolute Gasteiger partial charge is 0.228 e. The van der Waals surface area contributed by atoms with Crippen LogP contribution in [0.2, 0.25) is 0 Å². The van der Waals surface area contributed by atoms with Crippen molar-refractivity contribution in [2.45, 2.75) is 45.1 Å². The molecule has 0 aromatic rings. The van der Waals surface area contributed by atoms with Crippen molar-refractivity contribution in [3.05, 3.63) is 0 Å². The second-order valence-corrected chi connectivity index (χ2v) is 4.96. The highest BCUT2D eigenvalue weighted by atomic mass is 16.3. The van der Waals surface area contributed by atoms with Crippen molar-refractivity contribution in [2.24, 2.45) is 5.41 Å². The third-order valence-electron chi connectivity index (χ3n) is 3.67. The fourth-order valence-electron chi connectivity index (χ4n) is 2.68. The minimum Gasteiger partial charge on any atom is -0.391 e. The number of nitrogens with zero attached hydrogens (tertiary/aromatic N) is 1. The fourth-order valence-corrected chi connectivity index (χ4v) is 2.68. The van der Waals surface area contributed by atoms with Crippen molar-refractivity contribution in [3.63, 3.8) is 0 Å². The standard InChI is InChI=1S/C11H19NO2/c1-11(5-2-3-6-11)10(14)12-7-4-9(13)8-12/h9,13H,2-8H2,1H3. The quantitative estimate of drug-likeness (QED) is 0.685. The van der Waals surface area contributed by atoms with E-state index in [-0.39, 0.29) is 17.4 Å². The van der Waals surface area contributed by atoms with E-state index in [4.69, 9.17) is 0 Å². The van der Waals surface area contributed by atoms with E-state index in [1.165, 1.54) is 12.8 Å². The van der Waals surface area contributed by atoms with Gasteiger partial charge in [0.25, 0.3) is 0 Å². The van der Waals surface area contributed by atoms with Gasteiger partial charge in [-0.2, -0.15) is 0 Å². The van der Waals surface area contributed by atoms with E-state index in [1.807, 2.05) is 4.90 Å². The number of rotatable bonds is 1. The Bertz CT molecular complexity index is 233. The summed E-state index contributed by atoms with van der Waals surface area (Å²) in [6.45, 7) is 3.37. The molecule has 2 rings (SSSR count). The summed E-state index contributed by atoms with van der Waals surface area (Å²) in [7, 11) is 0. The number of likely N-dealkylation sites (tertiary alicyclic amines) is 1. The SMILES string of the molecule is CC1(C(=O)N2CCC(O)C2)CCCC1. The third-order valence-corrected chi connectivity index (χ3v) is 3.67. The predicted molar refractivity (Wildman–Crippen MR) is 53.8 cm³/mol. The molecule has 1 aliphatic heterocycles. The van der Waals surface area contributed by atoms with Crippen LogP contribution in [-0.4, -0.2) is 35.1 Å². The van der Waals surface area contributed by atoms with Gasteiger partial charge in [-0.15, -0.1) is 0 Å². The lowest BCUT2D eigenvalue weighted by molar-refractivity contribution is -0.140. The van der Waals surface area contributed by atoms with E-state index in [0.717, 1.165) is 25.8 Å². The molecule has 0 spiro atoms. The van der Waals surface area contributed by atoms with E-state index in [9.17, 15) is 9.90 Å². The predicted octanol–water partition coefficient (Wildman–Crippen LogP) is 1.16. The van der Waals surface area contributed by atoms with Crippen molar-refractivity contribution < 1.29 is 9.90 Å². The Hall–Kier alpha value is -0.570. The molecule has 1 saturated carbocycles. The molecule has 0 bridgehead atoms. The summed E-state index contributed by atoms with van der Waals surface area (Å²) in [6, 6.07) is 0. The molecule has 80 valence electrons. The first-order chi connectivity index (χ1) is 6.62. The number of hydrogen-bond acceptors (Lipinski definition) is 2. The van der Waals surface area contributed by atoms with Gasteiger partial charge in [0.05, 0.1) is 6.10 Å². The topological polar surface area (TPSA) is 40.5 Å².